The van der Waals surface area contributed by atoms with Gasteiger partial charge in [0.25, 0.3) is 5.91 Å². The Morgan fingerprint density at radius 2 is 1.85 bits per heavy atom. The van der Waals surface area contributed by atoms with Gasteiger partial charge in [-0.15, -0.1) is 0 Å². The molecule has 1 saturated heterocycles. The molecule has 3 atom stereocenters. The summed E-state index contributed by atoms with van der Waals surface area (Å²) in [7, 11) is 0. The fraction of sp³-hybridized carbons (Fsp3) is 0.304. The lowest BCUT2D eigenvalue weighted by Gasteiger charge is -2.34. The number of halogens is 4. The highest BCUT2D eigenvalue weighted by molar-refractivity contribution is 6.00. The molecular formula is C23H19F4N5O. The predicted molar refractivity (Wildman–Crippen MR) is 112 cm³/mol. The first kappa shape index (κ1) is 21.3. The molecule has 3 heterocycles. The Morgan fingerprint density at radius 1 is 1.06 bits per heavy atom. The van der Waals surface area contributed by atoms with Crippen LogP contribution in [0.1, 0.15) is 28.8 Å². The maximum absolute atomic E-state index is 14.1. The zero-order valence-electron chi connectivity index (χ0n) is 17.3. The Kier molecular flexibility index (Phi) is 5.22. The lowest BCUT2D eigenvalue weighted by Crippen LogP contribution is -2.47. The van der Waals surface area contributed by atoms with Crippen molar-refractivity contribution in [3.05, 3.63) is 71.9 Å². The summed E-state index contributed by atoms with van der Waals surface area (Å²) in [4.78, 5) is 27.4. The van der Waals surface area contributed by atoms with Crippen molar-refractivity contribution in [2.75, 3.05) is 11.9 Å². The number of anilines is 1. The quantitative estimate of drug-likeness (QED) is 0.588. The number of fused-ring (bicyclic) bond motifs is 2. The maximum atomic E-state index is 14.1. The summed E-state index contributed by atoms with van der Waals surface area (Å²) in [5, 5.41) is 3.17. The molecule has 1 aliphatic heterocycles. The van der Waals surface area contributed by atoms with Gasteiger partial charge in [0.15, 0.2) is 5.82 Å². The van der Waals surface area contributed by atoms with Crippen LogP contribution in [0.25, 0.3) is 11.4 Å². The molecule has 1 aliphatic carbocycles. The maximum Gasteiger partial charge on any atom is 0.417 e. The number of amides is 1. The molecule has 2 fully saturated rings. The summed E-state index contributed by atoms with van der Waals surface area (Å²) in [5.74, 6) is 0.0316. The summed E-state index contributed by atoms with van der Waals surface area (Å²) in [5.41, 5.74) is -0.196. The molecule has 1 N–H and O–H groups in total. The summed E-state index contributed by atoms with van der Waals surface area (Å²) >= 11 is 0. The van der Waals surface area contributed by atoms with E-state index in [4.69, 9.17) is 0 Å². The second-order valence-corrected chi connectivity index (χ2v) is 8.31. The van der Waals surface area contributed by atoms with Gasteiger partial charge in [-0.05, 0) is 55.2 Å². The lowest BCUT2D eigenvalue weighted by atomic mass is 10.0. The van der Waals surface area contributed by atoms with Crippen molar-refractivity contribution < 1.29 is 22.4 Å². The number of hydrogen-bond acceptors (Lipinski definition) is 5. The van der Waals surface area contributed by atoms with E-state index in [9.17, 15) is 22.4 Å². The van der Waals surface area contributed by atoms with E-state index in [1.807, 2.05) is 0 Å². The highest BCUT2D eigenvalue weighted by atomic mass is 19.4. The van der Waals surface area contributed by atoms with Gasteiger partial charge in [0, 0.05) is 36.7 Å². The first-order valence-electron chi connectivity index (χ1n) is 10.5. The molecule has 33 heavy (non-hydrogen) atoms. The zero-order valence-corrected chi connectivity index (χ0v) is 17.3. The van der Waals surface area contributed by atoms with Gasteiger partial charge in [-0.3, -0.25) is 4.79 Å². The molecule has 0 spiro atoms. The average Bonchev–Trinajstić information content (AvgIpc) is 3.39. The van der Waals surface area contributed by atoms with Gasteiger partial charge in [-0.1, -0.05) is 0 Å². The third-order valence-electron chi connectivity index (χ3n) is 6.19. The number of aromatic nitrogens is 3. The van der Waals surface area contributed by atoms with Crippen LogP contribution in [0.5, 0.6) is 0 Å². The van der Waals surface area contributed by atoms with Crippen LogP contribution in [0.4, 0.5) is 23.4 Å². The number of nitrogens with zero attached hydrogens (tertiary/aromatic N) is 4. The standard InChI is InChI=1S/C23H19F4N5O/c24-15-3-4-16(21-28-6-1-7-29-21)17(10-15)22(33)32-12-13-8-18(19(32)9-13)31-20-5-2-14(11-30-20)23(25,26)27/h1-7,10-11,13,18-19H,8-9,12H2,(H,30,31)/t13-,18-,19+/m1/s1. The summed E-state index contributed by atoms with van der Waals surface area (Å²) in [6.45, 7) is 0.535. The number of nitrogens with one attached hydrogen (secondary N) is 1. The second kappa shape index (κ2) is 8.09. The van der Waals surface area contributed by atoms with E-state index in [1.54, 1.807) is 23.4 Å². The average molecular weight is 457 g/mol. The van der Waals surface area contributed by atoms with Crippen LogP contribution in [0.3, 0.4) is 0 Å². The number of likely N-dealkylation sites (tertiary alicyclic amines) is 1. The number of rotatable bonds is 4. The Morgan fingerprint density at radius 3 is 2.52 bits per heavy atom. The van der Waals surface area contributed by atoms with Crippen LogP contribution in [-0.2, 0) is 6.18 Å². The fourth-order valence-corrected chi connectivity index (χ4v) is 4.73. The van der Waals surface area contributed by atoms with E-state index >= 15 is 0 Å². The Balaban J connectivity index is 1.37. The topological polar surface area (TPSA) is 71.0 Å². The Bertz CT molecular complexity index is 1170. The largest absolute Gasteiger partial charge is 0.417 e. The van der Waals surface area contributed by atoms with Gasteiger partial charge < -0.3 is 10.2 Å². The molecule has 0 unspecified atom stereocenters. The zero-order chi connectivity index (χ0) is 23.2. The van der Waals surface area contributed by atoms with Gasteiger partial charge in [0.05, 0.1) is 17.2 Å². The third kappa shape index (κ3) is 4.12. The molecule has 2 bridgehead atoms. The monoisotopic (exact) mass is 457 g/mol. The van der Waals surface area contributed by atoms with Crippen LogP contribution in [0.15, 0.2) is 55.0 Å². The van der Waals surface area contributed by atoms with Crippen molar-refractivity contribution in [3.63, 3.8) is 0 Å². The molecular weight excluding hydrogens is 438 g/mol. The molecule has 1 amide bonds. The Hall–Kier alpha value is -3.56. The van der Waals surface area contributed by atoms with Crippen molar-refractivity contribution in [2.45, 2.75) is 31.1 Å². The third-order valence-corrected chi connectivity index (χ3v) is 6.19. The van der Waals surface area contributed by atoms with Crippen molar-refractivity contribution in [3.8, 4) is 11.4 Å². The second-order valence-electron chi connectivity index (χ2n) is 8.31. The van der Waals surface area contributed by atoms with Crippen LogP contribution in [0, 0.1) is 11.7 Å². The predicted octanol–water partition coefficient (Wildman–Crippen LogP) is 4.41. The number of hydrogen-bond donors (Lipinski definition) is 1. The molecule has 1 saturated carbocycles. The van der Waals surface area contributed by atoms with Crippen molar-refractivity contribution in [1.82, 2.24) is 19.9 Å². The Labute approximate surface area is 186 Å². The normalized spacial score (nSPS) is 21.9. The minimum atomic E-state index is -4.45. The number of benzene rings is 1. The van der Waals surface area contributed by atoms with Gasteiger partial charge >= 0.3 is 6.18 Å². The number of piperidine rings is 1. The van der Waals surface area contributed by atoms with E-state index in [1.165, 1.54) is 24.3 Å². The molecule has 2 aromatic heterocycles. The van der Waals surface area contributed by atoms with E-state index in [0.717, 1.165) is 25.1 Å². The molecule has 5 rings (SSSR count). The summed E-state index contributed by atoms with van der Waals surface area (Å²) in [6.07, 6.45) is 0.971. The van der Waals surface area contributed by atoms with Crippen LogP contribution in [0.2, 0.25) is 0 Å². The SMILES string of the molecule is O=C(c1cc(F)ccc1-c1ncccn1)N1C[C@@H]2C[C@@H](Nc3ccc(C(F)(F)F)cn3)[C@@H]1C2. The summed E-state index contributed by atoms with van der Waals surface area (Å²) in [6, 6.07) is 7.52. The molecule has 170 valence electrons. The number of carbonyl (C=O) groups excluding carboxylic acids is 1. The molecule has 3 aromatic rings. The summed E-state index contributed by atoms with van der Waals surface area (Å²) < 4.78 is 52.4. The minimum absolute atomic E-state index is 0.165. The van der Waals surface area contributed by atoms with Crippen LogP contribution in [-0.4, -0.2) is 44.4 Å². The molecule has 2 aliphatic rings. The highest BCUT2D eigenvalue weighted by Gasteiger charge is 2.47. The van der Waals surface area contributed by atoms with Gasteiger partial charge in [0.1, 0.15) is 11.6 Å². The first-order chi connectivity index (χ1) is 15.8. The van der Waals surface area contributed by atoms with Gasteiger partial charge in [0.2, 0.25) is 0 Å². The lowest BCUT2D eigenvalue weighted by molar-refractivity contribution is -0.137. The highest BCUT2D eigenvalue weighted by Crippen LogP contribution is 2.40. The van der Waals surface area contributed by atoms with Gasteiger partial charge in [-0.2, -0.15) is 13.2 Å². The van der Waals surface area contributed by atoms with Crippen molar-refractivity contribution in [2.24, 2.45) is 5.92 Å². The number of pyridine rings is 1. The van der Waals surface area contributed by atoms with Crippen molar-refractivity contribution >= 4 is 11.7 Å². The first-order valence-corrected chi connectivity index (χ1v) is 10.5. The molecule has 1 aromatic carbocycles. The molecule has 6 nitrogen and oxygen atoms in total. The fourth-order valence-electron chi connectivity index (χ4n) is 4.73. The van der Waals surface area contributed by atoms with E-state index < -0.39 is 17.6 Å². The smallest absolute Gasteiger partial charge is 0.365 e. The molecule has 0 radical (unpaired) electrons. The van der Waals surface area contributed by atoms with Crippen molar-refractivity contribution in [1.29, 1.82) is 0 Å². The molecule has 10 heteroatoms. The van der Waals surface area contributed by atoms with Gasteiger partial charge in [-0.25, -0.2) is 19.3 Å². The van der Waals surface area contributed by atoms with E-state index in [-0.39, 0.29) is 29.5 Å². The minimum Gasteiger partial charge on any atom is -0.365 e. The van der Waals surface area contributed by atoms with E-state index in [0.29, 0.717) is 23.8 Å². The number of alkyl halides is 3. The number of carbonyl (C=O) groups is 1. The van der Waals surface area contributed by atoms with Crippen LogP contribution < -0.4 is 5.32 Å². The van der Waals surface area contributed by atoms with E-state index in [2.05, 4.69) is 20.3 Å². The van der Waals surface area contributed by atoms with Crippen LogP contribution >= 0.6 is 0 Å².